The number of hydrogen-bond donors (Lipinski definition) is 2. The maximum absolute atomic E-state index is 14.8. The Morgan fingerprint density at radius 2 is 1.59 bits per heavy atom. The van der Waals surface area contributed by atoms with Gasteiger partial charge in [-0.3, -0.25) is 9.69 Å². The van der Waals surface area contributed by atoms with Gasteiger partial charge in [0, 0.05) is 41.5 Å². The first-order chi connectivity index (χ1) is 25.7. The summed E-state index contributed by atoms with van der Waals surface area (Å²) in [5, 5.41) is 13.8. The van der Waals surface area contributed by atoms with Gasteiger partial charge in [0.1, 0.15) is 11.3 Å². The Kier molecular flexibility index (Phi) is 7.61. The number of carboxylic acids is 1. The van der Waals surface area contributed by atoms with E-state index < -0.39 is 40.8 Å². The summed E-state index contributed by atoms with van der Waals surface area (Å²) in [4.78, 5) is 36.8. The average Bonchev–Trinajstić information content (AvgIpc) is 3.82. The summed E-state index contributed by atoms with van der Waals surface area (Å²) in [7, 11) is 0. The van der Waals surface area contributed by atoms with Crippen molar-refractivity contribution < 1.29 is 41.4 Å². The van der Waals surface area contributed by atoms with E-state index in [-0.39, 0.29) is 48.9 Å². The van der Waals surface area contributed by atoms with Gasteiger partial charge >= 0.3 is 12.1 Å². The van der Waals surface area contributed by atoms with Crippen LogP contribution in [0.4, 0.5) is 22.0 Å². The molecule has 3 heterocycles. The van der Waals surface area contributed by atoms with Gasteiger partial charge in [-0.25, -0.2) is 23.5 Å². The van der Waals surface area contributed by atoms with E-state index in [0.717, 1.165) is 56.7 Å². The molecular formula is C40H44F5N5O4. The number of halogens is 5. The Labute approximate surface area is 309 Å². The molecule has 14 heteroatoms. The van der Waals surface area contributed by atoms with Gasteiger partial charge in [0.2, 0.25) is 0 Å². The second kappa shape index (κ2) is 11.8. The van der Waals surface area contributed by atoms with E-state index >= 15 is 0 Å². The van der Waals surface area contributed by atoms with E-state index in [9.17, 15) is 36.6 Å². The molecule has 0 atom stereocenters. The zero-order valence-corrected chi connectivity index (χ0v) is 29.9. The van der Waals surface area contributed by atoms with E-state index in [1.54, 1.807) is 6.07 Å². The Morgan fingerprint density at radius 1 is 0.926 bits per heavy atom. The normalized spacial score (nSPS) is 33.7. The van der Waals surface area contributed by atoms with Crippen molar-refractivity contribution in [1.29, 1.82) is 0 Å². The average molecular weight is 754 g/mol. The van der Waals surface area contributed by atoms with Crippen molar-refractivity contribution in [3.8, 4) is 17.1 Å². The molecule has 0 radical (unpaired) electrons. The molecule has 1 aliphatic heterocycles. The molecule has 1 aromatic carbocycles. The third-order valence-corrected chi connectivity index (χ3v) is 14.5. The molecule has 54 heavy (non-hydrogen) atoms. The minimum Gasteiger partial charge on any atom is -0.490 e. The van der Waals surface area contributed by atoms with Crippen molar-refractivity contribution in [2.24, 2.45) is 29.1 Å². The molecular weight excluding hydrogens is 709 g/mol. The van der Waals surface area contributed by atoms with Crippen LogP contribution in [0.3, 0.4) is 0 Å². The van der Waals surface area contributed by atoms with Crippen LogP contribution in [-0.2, 0) is 11.0 Å². The number of aromatic nitrogens is 3. The van der Waals surface area contributed by atoms with Crippen LogP contribution in [0.25, 0.3) is 22.3 Å². The summed E-state index contributed by atoms with van der Waals surface area (Å²) in [6, 6.07) is 5.82. The van der Waals surface area contributed by atoms with Crippen LogP contribution >= 0.6 is 0 Å². The van der Waals surface area contributed by atoms with Crippen LogP contribution < -0.4 is 10.1 Å². The number of amides is 1. The van der Waals surface area contributed by atoms with E-state index in [1.165, 1.54) is 12.8 Å². The van der Waals surface area contributed by atoms with E-state index in [2.05, 4.69) is 19.9 Å². The number of nitrogens with zero attached hydrogens (tertiary/aromatic N) is 4. The van der Waals surface area contributed by atoms with Gasteiger partial charge in [-0.1, -0.05) is 0 Å². The van der Waals surface area contributed by atoms with Crippen LogP contribution in [0.1, 0.15) is 106 Å². The molecule has 8 aliphatic rings. The number of carbonyl (C=O) groups is 2. The predicted molar refractivity (Wildman–Crippen MR) is 186 cm³/mol. The number of likely N-dealkylation sites (tertiary alicyclic amines) is 1. The van der Waals surface area contributed by atoms with Crippen LogP contribution in [-0.4, -0.2) is 73.1 Å². The Hall–Kier alpha value is -3.81. The lowest BCUT2D eigenvalue weighted by atomic mass is 9.48. The monoisotopic (exact) mass is 753 g/mol. The van der Waals surface area contributed by atoms with Crippen molar-refractivity contribution >= 4 is 22.8 Å². The van der Waals surface area contributed by atoms with Gasteiger partial charge in [0.25, 0.3) is 11.8 Å². The maximum atomic E-state index is 14.8. The summed E-state index contributed by atoms with van der Waals surface area (Å²) >= 11 is 0. The fourth-order valence-corrected chi connectivity index (χ4v) is 11.7. The maximum Gasteiger partial charge on any atom is 0.434 e. The van der Waals surface area contributed by atoms with Gasteiger partial charge in [0.15, 0.2) is 11.5 Å². The molecule has 2 N–H and O–H groups in total. The molecule has 2 aromatic heterocycles. The Bertz CT molecular complexity index is 1990. The Morgan fingerprint density at radius 3 is 2.19 bits per heavy atom. The number of fused-ring (bicyclic) bond motifs is 1. The van der Waals surface area contributed by atoms with Crippen molar-refractivity contribution in [2.45, 2.75) is 119 Å². The van der Waals surface area contributed by atoms with E-state index in [0.29, 0.717) is 59.6 Å². The largest absolute Gasteiger partial charge is 0.490 e. The summed E-state index contributed by atoms with van der Waals surface area (Å²) in [5.41, 5.74) is -2.24. The molecule has 1 saturated heterocycles. The van der Waals surface area contributed by atoms with Gasteiger partial charge in [0.05, 0.1) is 30.3 Å². The number of hydrogen-bond acceptors (Lipinski definition) is 6. The topological polar surface area (TPSA) is 110 Å². The van der Waals surface area contributed by atoms with Gasteiger partial charge in [-0.05, 0) is 125 Å². The zero-order valence-electron chi connectivity index (χ0n) is 29.9. The number of alkyl halides is 5. The SMILES string of the molecule is O=C(NC1(C(=O)O)C2CC3CC(C2)CC1C3)c1cnc(-c2cn(C3CC4(CC4)C3)c3cc(OC4CCC(N5CC(F)(F)C5)CC4)ccc23)nc1C(F)(F)F. The summed E-state index contributed by atoms with van der Waals surface area (Å²) < 4.78 is 79.7. The van der Waals surface area contributed by atoms with Crippen LogP contribution in [0.5, 0.6) is 5.75 Å². The highest BCUT2D eigenvalue weighted by atomic mass is 19.4. The van der Waals surface area contributed by atoms with Crippen LogP contribution in [0, 0.1) is 29.1 Å². The first kappa shape index (κ1) is 34.7. The molecule has 7 aliphatic carbocycles. The predicted octanol–water partition coefficient (Wildman–Crippen LogP) is 7.88. The number of carboxylic acid groups (broad SMARTS) is 1. The van der Waals surface area contributed by atoms with E-state index in [1.807, 2.05) is 23.2 Å². The molecule has 11 rings (SSSR count). The first-order valence-electron chi connectivity index (χ1n) is 19.6. The van der Waals surface area contributed by atoms with Crippen molar-refractivity contribution in [1.82, 2.24) is 24.8 Å². The van der Waals surface area contributed by atoms with Gasteiger partial charge in [-0.15, -0.1) is 0 Å². The summed E-state index contributed by atoms with van der Waals surface area (Å²) in [6.45, 7) is -0.364. The van der Waals surface area contributed by atoms with Crippen molar-refractivity contribution in [3.05, 3.63) is 41.9 Å². The number of rotatable bonds is 8. The molecule has 8 fully saturated rings. The third-order valence-electron chi connectivity index (χ3n) is 14.5. The zero-order chi connectivity index (χ0) is 37.4. The lowest BCUT2D eigenvalue weighted by Gasteiger charge is -2.59. The standard InChI is InChI=1S/C40H44F5N5O4/c41-38(42)19-49(20-38)25-1-3-27(4-2-25)54-28-5-6-29-31(18-50(32(29)14-28)26-15-37(16-26)7-8-37)34-46-17-30(33(47-34)40(43,44)45)35(51)48-39(36(52)53)23-10-21-9-22(12-23)13-24(39)11-21/h5-6,14,17-18,21-27H,1-4,7-13,15-16,19-20H2,(H,48,51)(H,52,53). The number of aliphatic carboxylic acids is 1. The van der Waals surface area contributed by atoms with E-state index in [4.69, 9.17) is 4.74 Å². The fourth-order valence-electron chi connectivity index (χ4n) is 11.7. The molecule has 9 nitrogen and oxygen atoms in total. The molecule has 1 spiro atoms. The fraction of sp³-hybridized carbons (Fsp3) is 0.650. The lowest BCUT2D eigenvalue weighted by molar-refractivity contribution is -0.163. The Balaban J connectivity index is 0.941. The second-order valence-electron chi connectivity index (χ2n) is 17.9. The molecule has 4 bridgehead atoms. The quantitative estimate of drug-likeness (QED) is 0.225. The van der Waals surface area contributed by atoms with Gasteiger partial charge in [-0.2, -0.15) is 13.2 Å². The second-order valence-corrected chi connectivity index (χ2v) is 17.9. The smallest absolute Gasteiger partial charge is 0.434 e. The minimum absolute atomic E-state index is 0.0719. The molecule has 288 valence electrons. The highest BCUT2D eigenvalue weighted by Gasteiger charge is 2.62. The number of nitrogens with one attached hydrogen (secondary N) is 1. The number of ether oxygens (including phenoxy) is 1. The van der Waals surface area contributed by atoms with Crippen molar-refractivity contribution in [2.75, 3.05) is 13.1 Å². The summed E-state index contributed by atoms with van der Waals surface area (Å²) in [6.07, 6.45) is 8.59. The number of benzene rings is 1. The van der Waals surface area contributed by atoms with Gasteiger partial charge < -0.3 is 19.7 Å². The molecule has 0 unspecified atom stereocenters. The molecule has 7 saturated carbocycles. The highest BCUT2D eigenvalue weighted by Crippen LogP contribution is 2.65. The molecule has 1 amide bonds. The van der Waals surface area contributed by atoms with Crippen molar-refractivity contribution in [3.63, 3.8) is 0 Å². The molecule has 3 aromatic rings. The number of carbonyl (C=O) groups excluding carboxylic acids is 1. The highest BCUT2D eigenvalue weighted by molar-refractivity contribution is 6.00. The summed E-state index contributed by atoms with van der Waals surface area (Å²) in [5.74, 6) is -4.32. The lowest BCUT2D eigenvalue weighted by Crippen LogP contribution is -2.70. The van der Waals surface area contributed by atoms with Crippen LogP contribution in [0.2, 0.25) is 0 Å². The van der Waals surface area contributed by atoms with Crippen LogP contribution in [0.15, 0.2) is 30.6 Å². The minimum atomic E-state index is -5.01. The first-order valence-corrected chi connectivity index (χ1v) is 19.6. The third kappa shape index (κ3) is 5.62.